The summed E-state index contributed by atoms with van der Waals surface area (Å²) >= 11 is 23.6. The van der Waals surface area contributed by atoms with Crippen LogP contribution in [0.5, 0.6) is 5.75 Å². The average Bonchev–Trinajstić information content (AvgIpc) is 2.50. The van der Waals surface area contributed by atoms with Crippen LogP contribution < -0.4 is 10.1 Å². The summed E-state index contributed by atoms with van der Waals surface area (Å²) in [4.78, 5) is 22.6. The van der Waals surface area contributed by atoms with E-state index in [1.807, 2.05) is 0 Å². The van der Waals surface area contributed by atoms with Gasteiger partial charge in [0.15, 0.2) is 12.4 Å². The molecule has 2 aromatic carbocycles. The summed E-state index contributed by atoms with van der Waals surface area (Å²) in [7, 11) is 0. The van der Waals surface area contributed by atoms with Crippen LogP contribution in [-0.4, -0.2) is 18.8 Å². The number of hydrogen-bond donors (Lipinski definition) is 1. The van der Waals surface area contributed by atoms with Gasteiger partial charge in [-0.1, -0.05) is 46.4 Å². The summed E-state index contributed by atoms with van der Waals surface area (Å²) in [6.07, 6.45) is 0.610. The molecule has 0 aromatic heterocycles. The van der Waals surface area contributed by atoms with Crippen molar-refractivity contribution in [2.24, 2.45) is 0 Å². The zero-order valence-corrected chi connectivity index (χ0v) is 14.4. The number of carbonyl (C=O) groups is 2. The SMILES string of the molecule is O=Cc1cc(Cl)c(OCC(=O)Nc2ccc(Cl)c(Cl)c2)c(Cl)c1. The van der Waals surface area contributed by atoms with Crippen molar-refractivity contribution in [3.63, 3.8) is 0 Å². The maximum Gasteiger partial charge on any atom is 0.262 e. The van der Waals surface area contributed by atoms with E-state index >= 15 is 0 Å². The van der Waals surface area contributed by atoms with E-state index in [0.717, 1.165) is 0 Å². The van der Waals surface area contributed by atoms with E-state index in [1.165, 1.54) is 18.2 Å². The Kier molecular flexibility index (Phi) is 6.13. The standard InChI is InChI=1S/C15H9Cl4NO3/c16-10-2-1-9(5-11(10)17)20-14(22)7-23-15-12(18)3-8(6-21)4-13(15)19/h1-6H,7H2,(H,20,22). The summed E-state index contributed by atoms with van der Waals surface area (Å²) < 4.78 is 5.30. The lowest BCUT2D eigenvalue weighted by molar-refractivity contribution is -0.118. The van der Waals surface area contributed by atoms with Crippen LogP contribution in [0.4, 0.5) is 5.69 Å². The number of aldehydes is 1. The lowest BCUT2D eigenvalue weighted by atomic mass is 10.2. The molecule has 0 aliphatic carbocycles. The highest BCUT2D eigenvalue weighted by Gasteiger charge is 2.12. The highest BCUT2D eigenvalue weighted by Crippen LogP contribution is 2.33. The molecule has 0 spiro atoms. The first-order valence-corrected chi connectivity index (χ1v) is 7.74. The van der Waals surface area contributed by atoms with Gasteiger partial charge in [0.05, 0.1) is 20.1 Å². The van der Waals surface area contributed by atoms with E-state index in [-0.39, 0.29) is 22.4 Å². The maximum absolute atomic E-state index is 11.9. The summed E-state index contributed by atoms with van der Waals surface area (Å²) in [5, 5.41) is 3.58. The van der Waals surface area contributed by atoms with Gasteiger partial charge in [-0.25, -0.2) is 0 Å². The molecule has 2 rings (SSSR count). The Morgan fingerprint density at radius 2 is 1.65 bits per heavy atom. The predicted octanol–water partition coefficient (Wildman–Crippen LogP) is 5.13. The quantitative estimate of drug-likeness (QED) is 0.717. The lowest BCUT2D eigenvalue weighted by Crippen LogP contribution is -2.20. The van der Waals surface area contributed by atoms with Crippen LogP contribution in [0.15, 0.2) is 30.3 Å². The number of anilines is 1. The highest BCUT2D eigenvalue weighted by molar-refractivity contribution is 6.42. The molecule has 23 heavy (non-hydrogen) atoms. The van der Waals surface area contributed by atoms with Gasteiger partial charge in [-0.15, -0.1) is 0 Å². The first kappa shape index (κ1) is 17.9. The van der Waals surface area contributed by atoms with E-state index in [4.69, 9.17) is 51.1 Å². The van der Waals surface area contributed by atoms with Crippen molar-refractivity contribution in [1.29, 1.82) is 0 Å². The van der Waals surface area contributed by atoms with Gasteiger partial charge in [0, 0.05) is 11.3 Å². The number of ether oxygens (including phenoxy) is 1. The van der Waals surface area contributed by atoms with Gasteiger partial charge >= 0.3 is 0 Å². The monoisotopic (exact) mass is 391 g/mol. The fourth-order valence-electron chi connectivity index (χ4n) is 1.69. The molecule has 120 valence electrons. The molecular formula is C15H9Cl4NO3. The molecule has 0 unspecified atom stereocenters. The van der Waals surface area contributed by atoms with Crippen molar-refractivity contribution >= 4 is 64.3 Å². The van der Waals surface area contributed by atoms with Gasteiger partial charge in [0.1, 0.15) is 6.29 Å². The van der Waals surface area contributed by atoms with Crippen LogP contribution in [0, 0.1) is 0 Å². The number of amides is 1. The lowest BCUT2D eigenvalue weighted by Gasteiger charge is -2.11. The molecule has 0 heterocycles. The fraction of sp³-hybridized carbons (Fsp3) is 0.0667. The van der Waals surface area contributed by atoms with Crippen molar-refractivity contribution in [3.05, 3.63) is 56.0 Å². The van der Waals surface area contributed by atoms with Crippen molar-refractivity contribution < 1.29 is 14.3 Å². The van der Waals surface area contributed by atoms with E-state index in [2.05, 4.69) is 5.32 Å². The third kappa shape index (κ3) is 4.75. The second-order valence-electron chi connectivity index (χ2n) is 4.40. The molecule has 0 saturated carbocycles. The van der Waals surface area contributed by atoms with Crippen LogP contribution in [-0.2, 0) is 4.79 Å². The number of carbonyl (C=O) groups excluding carboxylic acids is 2. The molecule has 2 aromatic rings. The number of rotatable bonds is 5. The van der Waals surface area contributed by atoms with Crippen molar-refractivity contribution in [2.45, 2.75) is 0 Å². The first-order chi connectivity index (χ1) is 10.9. The van der Waals surface area contributed by atoms with E-state index in [0.29, 0.717) is 27.6 Å². The molecule has 0 saturated heterocycles. The second-order valence-corrected chi connectivity index (χ2v) is 6.03. The molecule has 1 amide bonds. The van der Waals surface area contributed by atoms with Crippen LogP contribution in [0.1, 0.15) is 10.4 Å². The molecule has 0 fully saturated rings. The van der Waals surface area contributed by atoms with Crippen molar-refractivity contribution in [3.8, 4) is 5.75 Å². The molecule has 0 aliphatic rings. The Hall–Kier alpha value is -1.46. The van der Waals surface area contributed by atoms with Gasteiger partial charge < -0.3 is 10.1 Å². The molecular weight excluding hydrogens is 384 g/mol. The second kappa shape index (κ2) is 7.88. The van der Waals surface area contributed by atoms with Crippen LogP contribution >= 0.6 is 46.4 Å². The number of benzene rings is 2. The molecule has 0 bridgehead atoms. The molecule has 8 heteroatoms. The molecule has 4 nitrogen and oxygen atoms in total. The maximum atomic E-state index is 11.9. The smallest absolute Gasteiger partial charge is 0.262 e. The van der Waals surface area contributed by atoms with E-state index < -0.39 is 5.91 Å². The minimum atomic E-state index is -0.435. The third-order valence-electron chi connectivity index (χ3n) is 2.71. The molecule has 1 N–H and O–H groups in total. The fourth-order valence-corrected chi connectivity index (χ4v) is 2.61. The minimum absolute atomic E-state index is 0.128. The third-order valence-corrected chi connectivity index (χ3v) is 4.01. The van der Waals surface area contributed by atoms with E-state index in [9.17, 15) is 9.59 Å². The average molecular weight is 393 g/mol. The Morgan fingerprint density at radius 3 is 2.22 bits per heavy atom. The summed E-state index contributed by atoms with van der Waals surface area (Å²) in [5.74, 6) is -0.307. The zero-order chi connectivity index (χ0) is 17.0. The van der Waals surface area contributed by atoms with Gasteiger partial charge in [0.2, 0.25) is 0 Å². The Labute approximate surface area is 152 Å². The van der Waals surface area contributed by atoms with Gasteiger partial charge in [-0.3, -0.25) is 9.59 Å². The normalized spacial score (nSPS) is 10.3. The van der Waals surface area contributed by atoms with Crippen LogP contribution in [0.25, 0.3) is 0 Å². The summed E-state index contributed by atoms with van der Waals surface area (Å²) in [6.45, 7) is -0.319. The van der Waals surface area contributed by atoms with Crippen molar-refractivity contribution in [2.75, 3.05) is 11.9 Å². The van der Waals surface area contributed by atoms with Crippen LogP contribution in [0.3, 0.4) is 0 Å². The molecule has 0 atom stereocenters. The zero-order valence-electron chi connectivity index (χ0n) is 11.4. The van der Waals surface area contributed by atoms with E-state index in [1.54, 1.807) is 12.1 Å². The van der Waals surface area contributed by atoms with Gasteiger partial charge in [-0.2, -0.15) is 0 Å². The molecule has 0 radical (unpaired) electrons. The number of hydrogen-bond acceptors (Lipinski definition) is 3. The van der Waals surface area contributed by atoms with Crippen LogP contribution in [0.2, 0.25) is 20.1 Å². The highest BCUT2D eigenvalue weighted by atomic mass is 35.5. The predicted molar refractivity (Wildman–Crippen MR) is 92.4 cm³/mol. The number of halogens is 4. The minimum Gasteiger partial charge on any atom is -0.481 e. The Bertz CT molecular complexity index is 741. The van der Waals surface area contributed by atoms with Crippen molar-refractivity contribution in [1.82, 2.24) is 0 Å². The Balaban J connectivity index is 2.02. The Morgan fingerprint density at radius 1 is 1.00 bits per heavy atom. The first-order valence-electron chi connectivity index (χ1n) is 6.22. The topological polar surface area (TPSA) is 55.4 Å². The summed E-state index contributed by atoms with van der Waals surface area (Å²) in [6, 6.07) is 7.47. The summed E-state index contributed by atoms with van der Waals surface area (Å²) in [5.41, 5.74) is 0.786. The molecule has 0 aliphatic heterocycles. The largest absolute Gasteiger partial charge is 0.481 e. The number of nitrogens with one attached hydrogen (secondary N) is 1. The van der Waals surface area contributed by atoms with Gasteiger partial charge in [0.25, 0.3) is 5.91 Å². The van der Waals surface area contributed by atoms with Gasteiger partial charge in [-0.05, 0) is 30.3 Å².